The van der Waals surface area contributed by atoms with Crippen molar-refractivity contribution in [3.8, 4) is 5.75 Å². The van der Waals surface area contributed by atoms with Gasteiger partial charge < -0.3 is 4.74 Å². The molecular weight excluding hydrogens is 382 g/mol. The SMILES string of the molecule is Clc1cc(Cl)cc(Cc2cc(Cl)ccc2OCCBr)c1. The van der Waals surface area contributed by atoms with Gasteiger partial charge in [-0.2, -0.15) is 0 Å². The molecule has 0 aromatic heterocycles. The van der Waals surface area contributed by atoms with E-state index in [2.05, 4.69) is 15.9 Å². The molecule has 0 amide bonds. The molecule has 0 N–H and O–H groups in total. The molecule has 0 aliphatic carbocycles. The second kappa shape index (κ2) is 7.56. The first-order chi connectivity index (χ1) is 9.58. The highest BCUT2D eigenvalue weighted by Crippen LogP contribution is 2.28. The molecule has 0 atom stereocenters. The van der Waals surface area contributed by atoms with Crippen molar-refractivity contribution in [1.29, 1.82) is 0 Å². The van der Waals surface area contributed by atoms with E-state index in [0.29, 0.717) is 28.1 Å². The molecule has 2 aromatic rings. The van der Waals surface area contributed by atoms with Gasteiger partial charge in [0.05, 0.1) is 6.61 Å². The number of benzene rings is 2. The van der Waals surface area contributed by atoms with Crippen molar-refractivity contribution in [1.82, 2.24) is 0 Å². The van der Waals surface area contributed by atoms with Crippen LogP contribution in [0.15, 0.2) is 36.4 Å². The van der Waals surface area contributed by atoms with Crippen LogP contribution in [0.4, 0.5) is 0 Å². The molecule has 0 saturated heterocycles. The summed E-state index contributed by atoms with van der Waals surface area (Å²) in [5.74, 6) is 0.824. The largest absolute Gasteiger partial charge is 0.492 e. The van der Waals surface area contributed by atoms with Crippen LogP contribution in [0, 0.1) is 0 Å². The van der Waals surface area contributed by atoms with Crippen LogP contribution in [0.3, 0.4) is 0 Å². The maximum Gasteiger partial charge on any atom is 0.122 e. The first-order valence-electron chi connectivity index (χ1n) is 6.00. The van der Waals surface area contributed by atoms with Gasteiger partial charge in [0.15, 0.2) is 0 Å². The average Bonchev–Trinajstić information content (AvgIpc) is 2.36. The molecule has 1 nitrogen and oxygen atoms in total. The zero-order valence-corrected chi connectivity index (χ0v) is 14.4. The van der Waals surface area contributed by atoms with E-state index in [1.165, 1.54) is 0 Å². The summed E-state index contributed by atoms with van der Waals surface area (Å²) >= 11 is 21.5. The number of rotatable bonds is 5. The van der Waals surface area contributed by atoms with E-state index in [0.717, 1.165) is 22.2 Å². The minimum atomic E-state index is 0.602. The molecule has 0 unspecified atom stereocenters. The molecule has 0 radical (unpaired) electrons. The van der Waals surface area contributed by atoms with Crippen molar-refractivity contribution in [3.63, 3.8) is 0 Å². The molecular formula is C15H12BrCl3O. The quantitative estimate of drug-likeness (QED) is 0.564. The summed E-state index contributed by atoms with van der Waals surface area (Å²) in [6.07, 6.45) is 0.665. The standard InChI is InChI=1S/C15H12BrCl3O/c16-3-4-20-15-2-1-12(17)8-11(15)5-10-6-13(18)9-14(19)7-10/h1-2,6-9H,3-5H2. The fourth-order valence-corrected chi connectivity index (χ4v) is 2.84. The van der Waals surface area contributed by atoms with Gasteiger partial charge >= 0.3 is 0 Å². The van der Waals surface area contributed by atoms with E-state index in [1.807, 2.05) is 30.3 Å². The fourth-order valence-electron chi connectivity index (χ4n) is 1.91. The molecule has 20 heavy (non-hydrogen) atoms. The Balaban J connectivity index is 2.28. The van der Waals surface area contributed by atoms with Crippen LogP contribution in [0.1, 0.15) is 11.1 Å². The van der Waals surface area contributed by atoms with E-state index >= 15 is 0 Å². The van der Waals surface area contributed by atoms with Gasteiger partial charge in [-0.05, 0) is 47.5 Å². The Morgan fingerprint density at radius 1 is 0.900 bits per heavy atom. The maximum atomic E-state index is 6.06. The van der Waals surface area contributed by atoms with Crippen molar-refractivity contribution in [2.45, 2.75) is 6.42 Å². The van der Waals surface area contributed by atoms with Crippen molar-refractivity contribution in [2.24, 2.45) is 0 Å². The number of hydrogen-bond acceptors (Lipinski definition) is 1. The summed E-state index contributed by atoms with van der Waals surface area (Å²) in [6.45, 7) is 0.602. The Hall–Kier alpha value is -0.410. The lowest BCUT2D eigenvalue weighted by Gasteiger charge is -2.12. The molecule has 0 bridgehead atoms. The Morgan fingerprint density at radius 3 is 2.25 bits per heavy atom. The zero-order chi connectivity index (χ0) is 14.5. The number of hydrogen-bond donors (Lipinski definition) is 0. The summed E-state index contributed by atoms with van der Waals surface area (Å²) in [7, 11) is 0. The van der Waals surface area contributed by atoms with Crippen molar-refractivity contribution in [3.05, 3.63) is 62.6 Å². The van der Waals surface area contributed by atoms with E-state index < -0.39 is 0 Å². The minimum absolute atomic E-state index is 0.602. The van der Waals surface area contributed by atoms with Crippen LogP contribution >= 0.6 is 50.7 Å². The second-order valence-electron chi connectivity index (χ2n) is 4.24. The molecule has 106 valence electrons. The second-order valence-corrected chi connectivity index (χ2v) is 6.35. The number of halogens is 4. The third-order valence-corrected chi connectivity index (χ3v) is 3.67. The first kappa shape index (κ1) is 16.0. The Labute approximate surface area is 141 Å². The molecule has 0 spiro atoms. The van der Waals surface area contributed by atoms with Crippen LogP contribution in [-0.4, -0.2) is 11.9 Å². The summed E-state index contributed by atoms with van der Waals surface area (Å²) in [5, 5.41) is 2.70. The predicted molar refractivity (Wildman–Crippen MR) is 90.0 cm³/mol. The van der Waals surface area contributed by atoms with Gasteiger partial charge in [0.2, 0.25) is 0 Å². The van der Waals surface area contributed by atoms with Crippen LogP contribution in [0.25, 0.3) is 0 Å². The van der Waals surface area contributed by atoms with E-state index in [1.54, 1.807) is 6.07 Å². The first-order valence-corrected chi connectivity index (χ1v) is 8.26. The molecule has 2 aromatic carbocycles. The molecule has 0 saturated carbocycles. The molecule has 2 rings (SSSR count). The van der Waals surface area contributed by atoms with Gasteiger partial charge in [-0.25, -0.2) is 0 Å². The molecule has 5 heteroatoms. The van der Waals surface area contributed by atoms with Crippen molar-refractivity contribution < 1.29 is 4.74 Å². The Kier molecular flexibility index (Phi) is 6.03. The lowest BCUT2D eigenvalue weighted by atomic mass is 10.0. The monoisotopic (exact) mass is 392 g/mol. The van der Waals surface area contributed by atoms with Crippen molar-refractivity contribution in [2.75, 3.05) is 11.9 Å². The topological polar surface area (TPSA) is 9.23 Å². The van der Waals surface area contributed by atoms with Crippen LogP contribution < -0.4 is 4.74 Å². The van der Waals surface area contributed by atoms with Gasteiger partial charge in [-0.1, -0.05) is 50.7 Å². The summed E-state index contributed by atoms with van der Waals surface area (Å²) in [6, 6.07) is 11.1. The van der Waals surface area contributed by atoms with E-state index in [-0.39, 0.29) is 0 Å². The van der Waals surface area contributed by atoms with Gasteiger partial charge in [-0.3, -0.25) is 0 Å². The van der Waals surface area contributed by atoms with Gasteiger partial charge in [0.1, 0.15) is 5.75 Å². The lowest BCUT2D eigenvalue weighted by molar-refractivity contribution is 0.342. The third kappa shape index (κ3) is 4.56. The van der Waals surface area contributed by atoms with Crippen LogP contribution in [-0.2, 0) is 6.42 Å². The highest BCUT2D eigenvalue weighted by molar-refractivity contribution is 9.09. The number of ether oxygens (including phenoxy) is 1. The maximum absolute atomic E-state index is 6.06. The molecule has 0 aliphatic rings. The summed E-state index contributed by atoms with van der Waals surface area (Å²) < 4.78 is 5.70. The normalized spacial score (nSPS) is 10.6. The number of alkyl halides is 1. The Morgan fingerprint density at radius 2 is 1.60 bits per heavy atom. The lowest BCUT2D eigenvalue weighted by Crippen LogP contribution is -2.01. The molecule has 0 aliphatic heterocycles. The van der Waals surface area contributed by atoms with Gasteiger partial charge in [-0.15, -0.1) is 0 Å². The predicted octanol–water partition coefficient (Wildman–Crippen LogP) is 6.01. The van der Waals surface area contributed by atoms with Gasteiger partial charge in [0.25, 0.3) is 0 Å². The van der Waals surface area contributed by atoms with E-state index in [4.69, 9.17) is 39.5 Å². The van der Waals surface area contributed by atoms with Gasteiger partial charge in [0, 0.05) is 26.8 Å². The Bertz CT molecular complexity index is 581. The molecule has 0 heterocycles. The average molecular weight is 395 g/mol. The summed E-state index contributed by atoms with van der Waals surface area (Å²) in [4.78, 5) is 0. The smallest absolute Gasteiger partial charge is 0.122 e. The van der Waals surface area contributed by atoms with Crippen molar-refractivity contribution >= 4 is 50.7 Å². The zero-order valence-electron chi connectivity index (χ0n) is 10.5. The fraction of sp³-hybridized carbons (Fsp3) is 0.200. The van der Waals surface area contributed by atoms with Crippen LogP contribution in [0.2, 0.25) is 15.1 Å². The van der Waals surface area contributed by atoms with Crippen LogP contribution in [0.5, 0.6) is 5.75 Å². The van der Waals surface area contributed by atoms with E-state index in [9.17, 15) is 0 Å². The highest BCUT2D eigenvalue weighted by atomic mass is 79.9. The third-order valence-electron chi connectivity index (χ3n) is 2.67. The molecule has 0 fully saturated rings. The summed E-state index contributed by atoms with van der Waals surface area (Å²) in [5.41, 5.74) is 2.03. The minimum Gasteiger partial charge on any atom is -0.492 e. The highest BCUT2D eigenvalue weighted by Gasteiger charge is 2.07.